The third-order valence-electron chi connectivity index (χ3n) is 7.04. The highest BCUT2D eigenvalue weighted by molar-refractivity contribution is 5.87. The number of nitrogens with two attached hydrogens (primary N) is 1. The molecule has 8 heteroatoms. The summed E-state index contributed by atoms with van der Waals surface area (Å²) < 4.78 is 10.6. The molecule has 3 N–H and O–H groups in total. The van der Waals surface area contributed by atoms with Gasteiger partial charge in [0.25, 0.3) is 0 Å². The summed E-state index contributed by atoms with van der Waals surface area (Å²) in [5.74, 6) is 0.752. The fourth-order valence-corrected chi connectivity index (χ4v) is 5.03. The summed E-state index contributed by atoms with van der Waals surface area (Å²) in [5, 5.41) is 3.21. The molecule has 2 fully saturated rings. The number of carbonyl (C=O) groups excluding carboxylic acids is 2. The van der Waals surface area contributed by atoms with Gasteiger partial charge in [-0.3, -0.25) is 14.5 Å². The van der Waals surface area contributed by atoms with Gasteiger partial charge in [-0.25, -0.2) is 0 Å². The molecule has 184 valence electrons. The Bertz CT molecular complexity index is 764. The van der Waals surface area contributed by atoms with Gasteiger partial charge in [0.2, 0.25) is 11.8 Å². The van der Waals surface area contributed by atoms with E-state index in [1.807, 2.05) is 12.1 Å². The van der Waals surface area contributed by atoms with Gasteiger partial charge in [-0.15, -0.1) is 0 Å². The first kappa shape index (κ1) is 25.5. The van der Waals surface area contributed by atoms with Gasteiger partial charge in [-0.05, 0) is 56.2 Å². The smallest absolute Gasteiger partial charge is 0.243 e. The number of nitrogens with one attached hydrogen (secondary N) is 1. The van der Waals surface area contributed by atoms with E-state index in [2.05, 4.69) is 22.3 Å². The van der Waals surface area contributed by atoms with Gasteiger partial charge in [0.1, 0.15) is 11.8 Å². The molecule has 8 nitrogen and oxygen atoms in total. The first-order valence-electron chi connectivity index (χ1n) is 12.1. The zero-order chi connectivity index (χ0) is 23.8. The highest BCUT2D eigenvalue weighted by Gasteiger charge is 2.38. The van der Waals surface area contributed by atoms with E-state index < -0.39 is 6.04 Å². The van der Waals surface area contributed by atoms with Crippen LogP contribution in [0.3, 0.4) is 0 Å². The highest BCUT2D eigenvalue weighted by Crippen LogP contribution is 2.26. The molecule has 33 heavy (non-hydrogen) atoms. The molecular formula is C25H40N4O4. The zero-order valence-electron chi connectivity index (χ0n) is 20.3. The lowest BCUT2D eigenvalue weighted by atomic mass is 9.90. The highest BCUT2D eigenvalue weighted by atomic mass is 16.5. The summed E-state index contributed by atoms with van der Waals surface area (Å²) in [6.07, 6.45) is 5.13. The molecule has 2 aliphatic rings. The van der Waals surface area contributed by atoms with Crippen molar-refractivity contribution in [1.82, 2.24) is 15.1 Å². The van der Waals surface area contributed by atoms with E-state index in [9.17, 15) is 9.59 Å². The van der Waals surface area contributed by atoms with Crippen LogP contribution in [0.2, 0.25) is 0 Å². The number of methoxy groups -OCH3 is 2. The Hall–Kier alpha value is -2.16. The van der Waals surface area contributed by atoms with Crippen LogP contribution in [-0.4, -0.2) is 79.7 Å². The monoisotopic (exact) mass is 460 g/mol. The first-order valence-corrected chi connectivity index (χ1v) is 12.1. The Kier molecular flexibility index (Phi) is 9.52. The molecule has 1 unspecified atom stereocenters. The minimum absolute atomic E-state index is 0.0356. The summed E-state index contributed by atoms with van der Waals surface area (Å²) in [4.78, 5) is 29.7. The Labute approximate surface area is 197 Å². The molecule has 1 saturated carbocycles. The molecule has 2 amide bonds. The van der Waals surface area contributed by atoms with Crippen molar-refractivity contribution >= 4 is 11.8 Å². The van der Waals surface area contributed by atoms with Crippen LogP contribution in [0.25, 0.3) is 0 Å². The van der Waals surface area contributed by atoms with Crippen molar-refractivity contribution in [1.29, 1.82) is 0 Å². The van der Waals surface area contributed by atoms with E-state index >= 15 is 0 Å². The molecule has 0 bridgehead atoms. The summed E-state index contributed by atoms with van der Waals surface area (Å²) in [5.41, 5.74) is 7.20. The predicted molar refractivity (Wildman–Crippen MR) is 128 cm³/mol. The molecule has 2 atom stereocenters. The van der Waals surface area contributed by atoms with Crippen LogP contribution >= 0.6 is 0 Å². The zero-order valence-corrected chi connectivity index (χ0v) is 20.3. The molecular weight excluding hydrogens is 420 g/mol. The third kappa shape index (κ3) is 7.16. The quantitative estimate of drug-likeness (QED) is 0.584. The van der Waals surface area contributed by atoms with Crippen molar-refractivity contribution in [3.05, 3.63) is 29.8 Å². The number of rotatable bonds is 9. The average molecular weight is 461 g/mol. The van der Waals surface area contributed by atoms with Gasteiger partial charge < -0.3 is 25.4 Å². The molecule has 0 radical (unpaired) electrons. The molecule has 1 aromatic carbocycles. The maximum atomic E-state index is 13.3. The largest absolute Gasteiger partial charge is 0.497 e. The summed E-state index contributed by atoms with van der Waals surface area (Å²) in [7, 11) is 3.37. The van der Waals surface area contributed by atoms with Crippen molar-refractivity contribution in [3.63, 3.8) is 0 Å². The topological polar surface area (TPSA) is 97.1 Å². The lowest BCUT2D eigenvalue weighted by Crippen LogP contribution is -2.58. The van der Waals surface area contributed by atoms with Crippen molar-refractivity contribution in [2.24, 2.45) is 5.73 Å². The van der Waals surface area contributed by atoms with Gasteiger partial charge in [-0.2, -0.15) is 0 Å². The Morgan fingerprint density at radius 1 is 1.12 bits per heavy atom. The molecule has 0 aromatic heterocycles. The van der Waals surface area contributed by atoms with E-state index in [1.165, 1.54) is 5.56 Å². The van der Waals surface area contributed by atoms with E-state index in [4.69, 9.17) is 15.2 Å². The van der Waals surface area contributed by atoms with E-state index in [0.29, 0.717) is 19.6 Å². The number of amides is 2. The van der Waals surface area contributed by atoms with Crippen LogP contribution in [-0.2, 0) is 20.9 Å². The number of piperidine rings is 1. The number of ether oxygens (including phenoxy) is 2. The molecule has 3 rings (SSSR count). The van der Waals surface area contributed by atoms with Crippen molar-refractivity contribution in [2.45, 2.75) is 76.2 Å². The van der Waals surface area contributed by atoms with Crippen LogP contribution in [0.5, 0.6) is 5.75 Å². The minimum Gasteiger partial charge on any atom is -0.497 e. The number of benzene rings is 1. The third-order valence-corrected chi connectivity index (χ3v) is 7.04. The van der Waals surface area contributed by atoms with Gasteiger partial charge in [0.15, 0.2) is 0 Å². The fraction of sp³-hybridized carbons (Fsp3) is 0.680. The van der Waals surface area contributed by atoms with Gasteiger partial charge in [0.05, 0.1) is 13.7 Å². The second-order valence-electron chi connectivity index (χ2n) is 9.34. The SMILES string of the molecule is COCCN(Cc1ccc(OC)cc1)C1CCN(C(C)=O)[C@@H](C(=O)NC2CCC(N)CC2)C1. The maximum absolute atomic E-state index is 13.3. The standard InChI is InChI=1S/C25H40N4O4/c1-18(30)29-13-12-22(16-24(29)25(31)27-21-8-6-20(26)7-9-21)28(14-15-32-2)17-19-4-10-23(33-3)11-5-19/h4-5,10-11,20-22,24H,6-9,12-17,26H2,1-3H3,(H,27,31)/t20?,21?,22?,24-/m1/s1. The lowest BCUT2D eigenvalue weighted by Gasteiger charge is -2.43. The number of carbonyl (C=O) groups is 2. The number of hydrogen-bond donors (Lipinski definition) is 2. The number of hydrogen-bond acceptors (Lipinski definition) is 6. The fourth-order valence-electron chi connectivity index (χ4n) is 5.03. The van der Waals surface area contributed by atoms with Crippen molar-refractivity contribution in [3.8, 4) is 5.75 Å². The molecule has 0 spiro atoms. The molecule has 1 aromatic rings. The number of likely N-dealkylation sites (tertiary alicyclic amines) is 1. The molecule has 1 saturated heterocycles. The van der Waals surface area contributed by atoms with E-state index in [-0.39, 0.29) is 29.9 Å². The normalized spacial score (nSPS) is 25.7. The maximum Gasteiger partial charge on any atom is 0.243 e. The molecule has 1 heterocycles. The lowest BCUT2D eigenvalue weighted by molar-refractivity contribution is -0.142. The van der Waals surface area contributed by atoms with Crippen molar-refractivity contribution in [2.75, 3.05) is 33.9 Å². The second kappa shape index (κ2) is 12.3. The Balaban J connectivity index is 1.70. The van der Waals surface area contributed by atoms with E-state index in [1.54, 1.807) is 26.0 Å². The molecule has 1 aliphatic heterocycles. The second-order valence-corrected chi connectivity index (χ2v) is 9.34. The predicted octanol–water partition coefficient (Wildman–Crippen LogP) is 1.91. The van der Waals surface area contributed by atoms with Crippen LogP contribution < -0.4 is 15.8 Å². The summed E-state index contributed by atoms with van der Waals surface area (Å²) in [6, 6.07) is 8.20. The van der Waals surface area contributed by atoms with Gasteiger partial charge in [-0.1, -0.05) is 12.1 Å². The minimum atomic E-state index is -0.447. The van der Waals surface area contributed by atoms with Crippen molar-refractivity contribution < 1.29 is 19.1 Å². The van der Waals surface area contributed by atoms with E-state index in [0.717, 1.165) is 50.9 Å². The Morgan fingerprint density at radius 2 is 1.82 bits per heavy atom. The van der Waals surface area contributed by atoms with Gasteiger partial charge in [0, 0.05) is 51.8 Å². The average Bonchev–Trinajstić information content (AvgIpc) is 2.83. The van der Waals surface area contributed by atoms with Crippen LogP contribution in [0, 0.1) is 0 Å². The first-order chi connectivity index (χ1) is 15.9. The van der Waals surface area contributed by atoms with Crippen LogP contribution in [0.15, 0.2) is 24.3 Å². The molecule has 1 aliphatic carbocycles. The summed E-state index contributed by atoms with van der Waals surface area (Å²) in [6.45, 7) is 4.28. The Morgan fingerprint density at radius 3 is 2.42 bits per heavy atom. The van der Waals surface area contributed by atoms with Gasteiger partial charge >= 0.3 is 0 Å². The number of nitrogens with zero attached hydrogens (tertiary/aromatic N) is 2. The summed E-state index contributed by atoms with van der Waals surface area (Å²) >= 11 is 0. The van der Waals surface area contributed by atoms with Crippen LogP contribution in [0.4, 0.5) is 0 Å². The van der Waals surface area contributed by atoms with Crippen LogP contribution in [0.1, 0.15) is 51.0 Å².